The highest BCUT2D eigenvalue weighted by Gasteiger charge is 2.46. The number of rotatable bonds is 3. The summed E-state index contributed by atoms with van der Waals surface area (Å²) in [6.45, 7) is 7.03. The van der Waals surface area contributed by atoms with Gasteiger partial charge in [-0.05, 0) is 45.4 Å². The van der Waals surface area contributed by atoms with Crippen LogP contribution < -0.4 is 4.90 Å². The van der Waals surface area contributed by atoms with Crippen LogP contribution in [0.25, 0.3) is 0 Å². The Balaban J connectivity index is 2.02. The number of aromatic nitrogens is 2. The molecule has 6 heteroatoms. The Kier molecular flexibility index (Phi) is 4.38. The van der Waals surface area contributed by atoms with Gasteiger partial charge in [0.1, 0.15) is 11.6 Å². The first kappa shape index (κ1) is 16.7. The molecule has 1 aromatic heterocycles. The molecule has 1 aromatic rings. The van der Waals surface area contributed by atoms with Crippen molar-refractivity contribution in [3.63, 3.8) is 0 Å². The second kappa shape index (κ2) is 6.04. The molecule has 2 heterocycles. The second-order valence-corrected chi connectivity index (χ2v) is 9.36. The summed E-state index contributed by atoms with van der Waals surface area (Å²) in [7, 11) is -3.04. The molecule has 1 saturated heterocycles. The largest absolute Gasteiger partial charge is 0.354 e. The van der Waals surface area contributed by atoms with Crippen molar-refractivity contribution in [3.8, 4) is 0 Å². The van der Waals surface area contributed by atoms with Crippen LogP contribution in [0.4, 0.5) is 5.82 Å². The van der Waals surface area contributed by atoms with Crippen LogP contribution in [-0.4, -0.2) is 42.0 Å². The van der Waals surface area contributed by atoms with Crippen LogP contribution in [0, 0.1) is 6.92 Å². The van der Waals surface area contributed by atoms with E-state index in [1.54, 1.807) is 0 Å². The molecule has 0 amide bonds. The lowest BCUT2D eigenvalue weighted by Crippen LogP contribution is -2.56. The van der Waals surface area contributed by atoms with E-state index < -0.39 is 14.6 Å². The minimum atomic E-state index is -3.04. The highest BCUT2D eigenvalue weighted by Crippen LogP contribution is 2.36. The van der Waals surface area contributed by atoms with E-state index >= 15 is 0 Å². The van der Waals surface area contributed by atoms with E-state index in [1.165, 1.54) is 24.1 Å². The lowest BCUT2D eigenvalue weighted by atomic mass is 9.95. The number of sulfone groups is 1. The highest BCUT2D eigenvalue weighted by molar-refractivity contribution is 7.92. The topological polar surface area (TPSA) is 63.2 Å². The first-order chi connectivity index (χ1) is 10.9. The molecule has 0 radical (unpaired) electrons. The smallest absolute Gasteiger partial charge is 0.159 e. The van der Waals surface area contributed by atoms with E-state index in [1.807, 2.05) is 20.8 Å². The Morgan fingerprint density at radius 1 is 1.13 bits per heavy atom. The zero-order chi connectivity index (χ0) is 16.7. The predicted molar refractivity (Wildman–Crippen MR) is 92.7 cm³/mol. The van der Waals surface area contributed by atoms with Crippen LogP contribution >= 0.6 is 0 Å². The van der Waals surface area contributed by atoms with E-state index in [-0.39, 0.29) is 5.75 Å². The summed E-state index contributed by atoms with van der Waals surface area (Å²) in [4.78, 5) is 11.5. The van der Waals surface area contributed by atoms with Crippen LogP contribution in [0.5, 0.6) is 0 Å². The van der Waals surface area contributed by atoms with Crippen LogP contribution in [0.3, 0.4) is 0 Å². The zero-order valence-electron chi connectivity index (χ0n) is 14.4. The van der Waals surface area contributed by atoms with Gasteiger partial charge < -0.3 is 4.90 Å². The molecule has 0 saturated carbocycles. The number of anilines is 1. The second-order valence-electron chi connectivity index (χ2n) is 6.86. The molecule has 23 heavy (non-hydrogen) atoms. The molecule has 128 valence electrons. The van der Waals surface area contributed by atoms with Gasteiger partial charge in [0, 0.05) is 24.3 Å². The van der Waals surface area contributed by atoms with Gasteiger partial charge >= 0.3 is 0 Å². The summed E-state index contributed by atoms with van der Waals surface area (Å²) in [6, 6.07) is 0. The summed E-state index contributed by atoms with van der Waals surface area (Å²) in [5.74, 6) is 2.02. The van der Waals surface area contributed by atoms with Crippen molar-refractivity contribution in [1.29, 1.82) is 0 Å². The predicted octanol–water partition coefficient (Wildman–Crippen LogP) is 2.46. The fraction of sp³-hybridized carbons (Fsp3) is 0.765. The first-order valence-corrected chi connectivity index (χ1v) is 10.4. The average Bonchev–Trinajstić information content (AvgIpc) is 2.54. The molecule has 0 aromatic carbocycles. The first-order valence-electron chi connectivity index (χ1n) is 8.76. The van der Waals surface area contributed by atoms with Crippen LogP contribution in [0.1, 0.15) is 56.6 Å². The average molecular weight is 337 g/mol. The van der Waals surface area contributed by atoms with E-state index in [0.717, 1.165) is 24.5 Å². The minimum absolute atomic E-state index is 0.229. The summed E-state index contributed by atoms with van der Waals surface area (Å²) in [5.41, 5.74) is 2.42. The normalized spacial score (nSPS) is 22.7. The Labute approximate surface area is 139 Å². The van der Waals surface area contributed by atoms with Crippen LogP contribution in [-0.2, 0) is 22.7 Å². The van der Waals surface area contributed by atoms with Crippen molar-refractivity contribution in [2.75, 3.05) is 23.7 Å². The standard InChI is InChI=1S/C17H27N3O2S/c1-4-17(5-2)12-20(10-11-23(17,21)22)16-14-8-6-7-9-15(14)18-13(3)19-16/h4-12H2,1-3H3. The molecule has 1 fully saturated rings. The van der Waals surface area contributed by atoms with Crippen molar-refractivity contribution in [2.45, 2.75) is 64.0 Å². The molecule has 2 aliphatic rings. The highest BCUT2D eigenvalue weighted by atomic mass is 32.2. The monoisotopic (exact) mass is 337 g/mol. The summed E-state index contributed by atoms with van der Waals surface area (Å²) >= 11 is 0. The Hall–Kier alpha value is -1.17. The summed E-state index contributed by atoms with van der Waals surface area (Å²) in [6.07, 6.45) is 5.71. The molecule has 1 aliphatic carbocycles. The fourth-order valence-electron chi connectivity index (χ4n) is 4.02. The number of hydrogen-bond donors (Lipinski definition) is 0. The van der Waals surface area contributed by atoms with Gasteiger partial charge in [0.2, 0.25) is 0 Å². The number of nitrogens with zero attached hydrogens (tertiary/aromatic N) is 3. The molecule has 1 aliphatic heterocycles. The number of aryl methyl sites for hydroxylation is 2. The molecule has 3 rings (SSSR count). The lowest BCUT2D eigenvalue weighted by Gasteiger charge is -2.42. The molecular formula is C17H27N3O2S. The molecule has 0 N–H and O–H groups in total. The van der Waals surface area contributed by atoms with Crippen molar-refractivity contribution in [2.24, 2.45) is 0 Å². The van der Waals surface area contributed by atoms with Gasteiger partial charge in [-0.2, -0.15) is 0 Å². The Morgan fingerprint density at radius 3 is 2.52 bits per heavy atom. The summed E-state index contributed by atoms with van der Waals surface area (Å²) in [5, 5.41) is 0. The van der Waals surface area contributed by atoms with Gasteiger partial charge in [0.15, 0.2) is 9.84 Å². The van der Waals surface area contributed by atoms with Gasteiger partial charge in [-0.1, -0.05) is 13.8 Å². The SMILES string of the molecule is CCC1(CC)CN(c2nc(C)nc3c2CCCC3)CCS1(=O)=O. The van der Waals surface area contributed by atoms with E-state index in [9.17, 15) is 8.42 Å². The quantitative estimate of drug-likeness (QED) is 0.848. The van der Waals surface area contributed by atoms with Gasteiger partial charge in [-0.15, -0.1) is 0 Å². The van der Waals surface area contributed by atoms with Crippen molar-refractivity contribution < 1.29 is 8.42 Å². The molecular weight excluding hydrogens is 310 g/mol. The number of fused-ring (bicyclic) bond motifs is 1. The third-order valence-electron chi connectivity index (χ3n) is 5.63. The van der Waals surface area contributed by atoms with Crippen LogP contribution in [0.2, 0.25) is 0 Å². The van der Waals surface area contributed by atoms with Gasteiger partial charge in [-0.3, -0.25) is 0 Å². The third kappa shape index (κ3) is 2.75. The van der Waals surface area contributed by atoms with Gasteiger partial charge in [0.25, 0.3) is 0 Å². The maximum atomic E-state index is 12.6. The van der Waals surface area contributed by atoms with Gasteiger partial charge in [-0.25, -0.2) is 18.4 Å². The molecule has 0 unspecified atom stereocenters. The maximum Gasteiger partial charge on any atom is 0.159 e. The summed E-state index contributed by atoms with van der Waals surface area (Å²) < 4.78 is 24.6. The fourth-order valence-corrected chi connectivity index (χ4v) is 6.15. The minimum Gasteiger partial charge on any atom is -0.354 e. The molecule has 5 nitrogen and oxygen atoms in total. The van der Waals surface area contributed by atoms with Gasteiger partial charge in [0.05, 0.1) is 10.5 Å². The van der Waals surface area contributed by atoms with Crippen molar-refractivity contribution >= 4 is 15.7 Å². The molecule has 0 atom stereocenters. The van der Waals surface area contributed by atoms with E-state index in [0.29, 0.717) is 25.9 Å². The van der Waals surface area contributed by atoms with Crippen molar-refractivity contribution in [3.05, 3.63) is 17.1 Å². The Bertz CT molecular complexity index is 696. The Morgan fingerprint density at radius 2 is 1.83 bits per heavy atom. The number of hydrogen-bond acceptors (Lipinski definition) is 5. The molecule has 0 spiro atoms. The van der Waals surface area contributed by atoms with E-state index in [4.69, 9.17) is 4.98 Å². The maximum absolute atomic E-state index is 12.6. The van der Waals surface area contributed by atoms with Crippen molar-refractivity contribution in [1.82, 2.24) is 9.97 Å². The van der Waals surface area contributed by atoms with Crippen LogP contribution in [0.15, 0.2) is 0 Å². The van der Waals surface area contributed by atoms with E-state index in [2.05, 4.69) is 9.88 Å². The molecule has 0 bridgehead atoms. The zero-order valence-corrected chi connectivity index (χ0v) is 15.2. The lowest BCUT2D eigenvalue weighted by molar-refractivity contribution is 0.456. The third-order valence-corrected chi connectivity index (χ3v) is 8.38.